The molecule has 3 rings (SSSR count). The molecule has 0 aliphatic rings. The van der Waals surface area contributed by atoms with E-state index in [-0.39, 0.29) is 11.3 Å². The summed E-state index contributed by atoms with van der Waals surface area (Å²) < 4.78 is 5.81. The van der Waals surface area contributed by atoms with Crippen molar-refractivity contribution in [1.29, 1.82) is 0 Å². The van der Waals surface area contributed by atoms with Gasteiger partial charge in [0.2, 0.25) is 0 Å². The van der Waals surface area contributed by atoms with Crippen LogP contribution in [0.1, 0.15) is 17.3 Å². The Morgan fingerprint density at radius 1 is 1.08 bits per heavy atom. The molecule has 0 spiro atoms. The largest absolute Gasteiger partial charge is 0.507 e. The summed E-state index contributed by atoms with van der Waals surface area (Å²) in [7, 11) is 0. The Labute approximate surface area is 158 Å². The number of carbonyl (C=O) groups is 2. The predicted molar refractivity (Wildman–Crippen MR) is 103 cm³/mol. The molecule has 6 heteroatoms. The lowest BCUT2D eigenvalue weighted by Gasteiger charge is -2.15. The number of phenolic OH excluding ortho intramolecular Hbond substituents is 1. The normalized spacial score (nSPS) is 11.8. The van der Waals surface area contributed by atoms with Crippen LogP contribution in [-0.2, 0) is 9.53 Å². The molecule has 26 heavy (non-hydrogen) atoms. The standard InChI is InChI=1S/C20H16BrNO4/c1-12(26-20(25)16-11-14(21)9-10-18(16)23)19(24)22-17-8-4-6-13-5-2-3-7-15(13)17/h2-12,23H,1H3,(H,22,24)/t12-/m0/s1. The molecule has 132 valence electrons. The summed E-state index contributed by atoms with van der Waals surface area (Å²) in [4.78, 5) is 24.6. The molecule has 0 aromatic heterocycles. The first-order valence-electron chi connectivity index (χ1n) is 7.94. The summed E-state index contributed by atoms with van der Waals surface area (Å²) in [6, 6.07) is 17.6. The molecular weight excluding hydrogens is 398 g/mol. The van der Waals surface area contributed by atoms with Gasteiger partial charge in [-0.3, -0.25) is 4.79 Å². The summed E-state index contributed by atoms with van der Waals surface area (Å²) in [5.41, 5.74) is 0.630. The summed E-state index contributed by atoms with van der Waals surface area (Å²) in [6.45, 7) is 1.48. The number of anilines is 1. The number of nitrogens with one attached hydrogen (secondary N) is 1. The molecule has 0 bridgehead atoms. The maximum absolute atomic E-state index is 12.4. The number of hydrogen-bond acceptors (Lipinski definition) is 4. The molecule has 0 saturated carbocycles. The highest BCUT2D eigenvalue weighted by Gasteiger charge is 2.21. The molecule has 0 aliphatic heterocycles. The maximum Gasteiger partial charge on any atom is 0.342 e. The Hall–Kier alpha value is -2.86. The van der Waals surface area contributed by atoms with E-state index in [0.29, 0.717) is 10.2 Å². The first-order chi connectivity index (χ1) is 12.5. The van der Waals surface area contributed by atoms with Crippen molar-refractivity contribution in [2.24, 2.45) is 0 Å². The molecule has 0 saturated heterocycles. The molecule has 2 N–H and O–H groups in total. The van der Waals surface area contributed by atoms with Crippen molar-refractivity contribution in [1.82, 2.24) is 0 Å². The molecule has 5 nitrogen and oxygen atoms in total. The van der Waals surface area contributed by atoms with Gasteiger partial charge in [0.25, 0.3) is 5.91 Å². The highest BCUT2D eigenvalue weighted by Crippen LogP contribution is 2.25. The van der Waals surface area contributed by atoms with Gasteiger partial charge in [-0.25, -0.2) is 4.79 Å². The van der Waals surface area contributed by atoms with Crippen molar-refractivity contribution in [3.8, 4) is 5.75 Å². The van der Waals surface area contributed by atoms with Gasteiger partial charge in [-0.15, -0.1) is 0 Å². The molecule has 0 heterocycles. The summed E-state index contributed by atoms with van der Waals surface area (Å²) >= 11 is 3.23. The fourth-order valence-corrected chi connectivity index (χ4v) is 2.88. The Balaban J connectivity index is 1.73. The number of aromatic hydroxyl groups is 1. The maximum atomic E-state index is 12.4. The summed E-state index contributed by atoms with van der Waals surface area (Å²) in [6.07, 6.45) is -1.03. The van der Waals surface area contributed by atoms with Crippen molar-refractivity contribution in [3.05, 3.63) is 70.7 Å². The number of halogens is 1. The molecule has 0 fully saturated rings. The van der Waals surface area contributed by atoms with Crippen LogP contribution in [0.3, 0.4) is 0 Å². The van der Waals surface area contributed by atoms with Crippen molar-refractivity contribution in [2.45, 2.75) is 13.0 Å². The number of esters is 1. The van der Waals surface area contributed by atoms with Crippen LogP contribution < -0.4 is 5.32 Å². The Kier molecular flexibility index (Phi) is 5.23. The average Bonchev–Trinajstić information content (AvgIpc) is 2.63. The second-order valence-electron chi connectivity index (χ2n) is 5.72. The number of fused-ring (bicyclic) bond motifs is 1. The second kappa shape index (κ2) is 7.58. The van der Waals surface area contributed by atoms with Gasteiger partial charge < -0.3 is 15.2 Å². The molecule has 1 amide bonds. The first kappa shape index (κ1) is 17.9. The van der Waals surface area contributed by atoms with Crippen LogP contribution in [0.2, 0.25) is 0 Å². The molecule has 0 unspecified atom stereocenters. The van der Waals surface area contributed by atoms with Crippen LogP contribution in [0, 0.1) is 0 Å². The van der Waals surface area contributed by atoms with E-state index in [2.05, 4.69) is 21.2 Å². The van der Waals surface area contributed by atoms with Gasteiger partial charge in [0.15, 0.2) is 6.10 Å². The molecule has 1 atom stereocenters. The quantitative estimate of drug-likeness (QED) is 0.617. The monoisotopic (exact) mass is 413 g/mol. The fraction of sp³-hybridized carbons (Fsp3) is 0.100. The number of ether oxygens (including phenoxy) is 1. The third-order valence-corrected chi connectivity index (χ3v) is 4.37. The first-order valence-corrected chi connectivity index (χ1v) is 8.73. The van der Waals surface area contributed by atoms with Crippen LogP contribution in [0.25, 0.3) is 10.8 Å². The highest BCUT2D eigenvalue weighted by molar-refractivity contribution is 9.10. The molecular formula is C20H16BrNO4. The van der Waals surface area contributed by atoms with E-state index in [9.17, 15) is 14.7 Å². The Morgan fingerprint density at radius 2 is 1.81 bits per heavy atom. The van der Waals surface area contributed by atoms with Crippen molar-refractivity contribution in [3.63, 3.8) is 0 Å². The van der Waals surface area contributed by atoms with Crippen LogP contribution in [0.5, 0.6) is 5.75 Å². The lowest BCUT2D eigenvalue weighted by molar-refractivity contribution is -0.123. The fourth-order valence-electron chi connectivity index (χ4n) is 2.52. The number of hydrogen-bond donors (Lipinski definition) is 2. The van der Waals surface area contributed by atoms with Crippen LogP contribution in [0.4, 0.5) is 5.69 Å². The third kappa shape index (κ3) is 3.86. The topological polar surface area (TPSA) is 75.6 Å². The molecule has 0 aliphatic carbocycles. The second-order valence-corrected chi connectivity index (χ2v) is 6.64. The van der Waals surface area contributed by atoms with Gasteiger partial charge in [-0.05, 0) is 36.6 Å². The summed E-state index contributed by atoms with van der Waals surface area (Å²) in [5.74, 6) is -1.44. The number of amides is 1. The number of benzene rings is 3. The van der Waals surface area contributed by atoms with E-state index >= 15 is 0 Å². The lowest BCUT2D eigenvalue weighted by atomic mass is 10.1. The van der Waals surface area contributed by atoms with E-state index in [1.807, 2.05) is 36.4 Å². The van der Waals surface area contributed by atoms with Gasteiger partial charge >= 0.3 is 5.97 Å². The predicted octanol–water partition coefficient (Wildman–Crippen LogP) is 4.49. The third-order valence-electron chi connectivity index (χ3n) is 3.88. The van der Waals surface area contributed by atoms with Gasteiger partial charge in [-0.1, -0.05) is 52.3 Å². The number of rotatable bonds is 4. The van der Waals surface area contributed by atoms with Crippen molar-refractivity contribution in [2.75, 3.05) is 5.32 Å². The Bertz CT molecular complexity index is 981. The zero-order valence-electron chi connectivity index (χ0n) is 13.9. The zero-order chi connectivity index (χ0) is 18.7. The van der Waals surface area contributed by atoms with Gasteiger partial charge in [0, 0.05) is 15.5 Å². The van der Waals surface area contributed by atoms with E-state index in [0.717, 1.165) is 10.8 Å². The molecule has 3 aromatic rings. The Morgan fingerprint density at radius 3 is 2.62 bits per heavy atom. The summed E-state index contributed by atoms with van der Waals surface area (Å²) in [5, 5.41) is 14.5. The molecule has 0 radical (unpaired) electrons. The van der Waals surface area contributed by atoms with Crippen LogP contribution >= 0.6 is 15.9 Å². The van der Waals surface area contributed by atoms with Crippen LogP contribution in [-0.4, -0.2) is 23.1 Å². The highest BCUT2D eigenvalue weighted by atomic mass is 79.9. The number of carbonyl (C=O) groups excluding carboxylic acids is 2. The van der Waals surface area contributed by atoms with Gasteiger partial charge in [0.1, 0.15) is 11.3 Å². The minimum absolute atomic E-state index is 0.0100. The van der Waals surface area contributed by atoms with Crippen LogP contribution in [0.15, 0.2) is 65.1 Å². The minimum Gasteiger partial charge on any atom is -0.507 e. The van der Waals surface area contributed by atoms with Gasteiger partial charge in [-0.2, -0.15) is 0 Å². The minimum atomic E-state index is -1.03. The smallest absolute Gasteiger partial charge is 0.342 e. The van der Waals surface area contributed by atoms with E-state index < -0.39 is 18.0 Å². The van der Waals surface area contributed by atoms with Crippen molar-refractivity contribution >= 4 is 44.3 Å². The van der Waals surface area contributed by atoms with E-state index in [1.165, 1.54) is 19.1 Å². The average molecular weight is 414 g/mol. The van der Waals surface area contributed by atoms with E-state index in [1.54, 1.807) is 12.1 Å². The number of phenols is 1. The lowest BCUT2D eigenvalue weighted by Crippen LogP contribution is -2.30. The van der Waals surface area contributed by atoms with Gasteiger partial charge in [0.05, 0.1) is 0 Å². The van der Waals surface area contributed by atoms with Crippen molar-refractivity contribution < 1.29 is 19.4 Å². The van der Waals surface area contributed by atoms with E-state index in [4.69, 9.17) is 4.74 Å². The molecule has 3 aromatic carbocycles. The zero-order valence-corrected chi connectivity index (χ0v) is 15.5. The SMILES string of the molecule is C[C@H](OC(=O)c1cc(Br)ccc1O)C(=O)Nc1cccc2ccccc12.